The number of methoxy groups -OCH3 is 1. The Morgan fingerprint density at radius 1 is 1.30 bits per heavy atom. The Hall–Kier alpha value is -2.62. The predicted octanol–water partition coefficient (Wildman–Crippen LogP) is -0.191. The Bertz CT molecular complexity index is 852. The largest absolute Gasteiger partial charge is 0.497 e. The van der Waals surface area contributed by atoms with Gasteiger partial charge >= 0.3 is 6.03 Å². The number of hydrogen-bond acceptors (Lipinski definition) is 6. The first-order valence-electron chi connectivity index (χ1n) is 8.52. The van der Waals surface area contributed by atoms with Gasteiger partial charge in [0.2, 0.25) is 5.91 Å². The summed E-state index contributed by atoms with van der Waals surface area (Å²) in [7, 11) is -1.56. The Kier molecular flexibility index (Phi) is 5.36. The van der Waals surface area contributed by atoms with E-state index in [1.807, 2.05) is 0 Å². The summed E-state index contributed by atoms with van der Waals surface area (Å²) in [6, 6.07) is 5.01. The molecule has 27 heavy (non-hydrogen) atoms. The summed E-state index contributed by atoms with van der Waals surface area (Å²) in [4.78, 5) is 37.7. The van der Waals surface area contributed by atoms with Crippen molar-refractivity contribution in [3.8, 4) is 5.75 Å². The van der Waals surface area contributed by atoms with Crippen LogP contribution in [0.15, 0.2) is 24.3 Å². The van der Waals surface area contributed by atoms with Crippen LogP contribution in [0.3, 0.4) is 0 Å². The Morgan fingerprint density at radius 2 is 2.00 bits per heavy atom. The number of carbonyl (C=O) groups is 3. The molecular formula is C17H21N3O6S. The lowest BCUT2D eigenvalue weighted by atomic mass is 10.1. The van der Waals surface area contributed by atoms with Crippen molar-refractivity contribution < 1.29 is 27.5 Å². The maximum atomic E-state index is 12.5. The summed E-state index contributed by atoms with van der Waals surface area (Å²) in [6.45, 7) is 0.0909. The quantitative estimate of drug-likeness (QED) is 0.644. The number of urea groups is 1. The molecule has 4 amide bonds. The van der Waals surface area contributed by atoms with Crippen LogP contribution in [0.1, 0.15) is 18.4 Å². The molecule has 2 aliphatic heterocycles. The highest BCUT2D eigenvalue weighted by Crippen LogP contribution is 2.17. The average Bonchev–Trinajstić information content (AvgIpc) is 3.08. The fourth-order valence-electron chi connectivity index (χ4n) is 3.16. The van der Waals surface area contributed by atoms with E-state index in [1.165, 1.54) is 0 Å². The smallest absolute Gasteiger partial charge is 0.325 e. The van der Waals surface area contributed by atoms with Crippen LogP contribution in [-0.4, -0.2) is 61.9 Å². The molecule has 3 rings (SSSR count). The fraction of sp³-hybridized carbons (Fsp3) is 0.471. The molecule has 0 radical (unpaired) electrons. The minimum Gasteiger partial charge on any atom is -0.497 e. The van der Waals surface area contributed by atoms with E-state index in [4.69, 9.17) is 4.74 Å². The van der Waals surface area contributed by atoms with E-state index in [0.717, 1.165) is 10.5 Å². The van der Waals surface area contributed by atoms with Gasteiger partial charge in [0, 0.05) is 6.04 Å². The molecule has 1 aromatic rings. The number of carbonyl (C=O) groups excluding carboxylic acids is 3. The van der Waals surface area contributed by atoms with Crippen LogP contribution >= 0.6 is 0 Å². The standard InChI is InChI=1S/C17H21N3O6S/c1-26-13-4-2-11(3-5-13)9-20-16(22)14(19-17(20)23)8-15(21)18-12-6-7-27(24,25)10-12/h2-5,12,14H,6-10H2,1H3,(H,18,21)(H,19,23)/t12-,14+/m0/s1. The highest BCUT2D eigenvalue weighted by molar-refractivity contribution is 7.91. The summed E-state index contributed by atoms with van der Waals surface area (Å²) in [6.07, 6.45) is 0.142. The first-order valence-corrected chi connectivity index (χ1v) is 10.3. The monoisotopic (exact) mass is 395 g/mol. The van der Waals surface area contributed by atoms with Crippen LogP contribution in [0.25, 0.3) is 0 Å². The number of imide groups is 1. The van der Waals surface area contributed by atoms with E-state index in [9.17, 15) is 22.8 Å². The second kappa shape index (κ2) is 7.55. The van der Waals surface area contributed by atoms with Gasteiger partial charge in [-0.05, 0) is 24.1 Å². The minimum absolute atomic E-state index is 0.0483. The lowest BCUT2D eigenvalue weighted by Crippen LogP contribution is -2.41. The number of benzene rings is 1. The van der Waals surface area contributed by atoms with E-state index in [-0.39, 0.29) is 24.5 Å². The summed E-state index contributed by atoms with van der Waals surface area (Å²) in [5, 5.41) is 5.12. The van der Waals surface area contributed by atoms with Crippen molar-refractivity contribution in [3.05, 3.63) is 29.8 Å². The molecule has 0 aromatic heterocycles. The molecule has 0 spiro atoms. The van der Waals surface area contributed by atoms with Gasteiger partial charge in [0.15, 0.2) is 9.84 Å². The van der Waals surface area contributed by atoms with Gasteiger partial charge in [-0.2, -0.15) is 0 Å². The Balaban J connectivity index is 1.56. The molecule has 2 saturated heterocycles. The van der Waals surface area contributed by atoms with Crippen LogP contribution in [0.2, 0.25) is 0 Å². The number of nitrogens with zero attached hydrogens (tertiary/aromatic N) is 1. The van der Waals surface area contributed by atoms with Gasteiger partial charge in [-0.1, -0.05) is 12.1 Å². The number of ether oxygens (including phenoxy) is 1. The van der Waals surface area contributed by atoms with Crippen molar-refractivity contribution in [2.24, 2.45) is 0 Å². The van der Waals surface area contributed by atoms with Crippen molar-refractivity contribution in [3.63, 3.8) is 0 Å². The summed E-state index contributed by atoms with van der Waals surface area (Å²) >= 11 is 0. The van der Waals surface area contributed by atoms with E-state index in [2.05, 4.69) is 10.6 Å². The van der Waals surface area contributed by atoms with Crippen molar-refractivity contribution >= 4 is 27.7 Å². The third-order valence-electron chi connectivity index (χ3n) is 4.59. The van der Waals surface area contributed by atoms with Gasteiger partial charge < -0.3 is 15.4 Å². The predicted molar refractivity (Wildman–Crippen MR) is 95.7 cm³/mol. The van der Waals surface area contributed by atoms with Gasteiger partial charge in [-0.25, -0.2) is 13.2 Å². The number of rotatable bonds is 6. The molecular weight excluding hydrogens is 374 g/mol. The van der Waals surface area contributed by atoms with Crippen LogP contribution in [0.5, 0.6) is 5.75 Å². The van der Waals surface area contributed by atoms with Crippen molar-refractivity contribution in [1.29, 1.82) is 0 Å². The zero-order valence-electron chi connectivity index (χ0n) is 14.8. The number of nitrogens with one attached hydrogen (secondary N) is 2. The molecule has 2 aliphatic rings. The summed E-state index contributed by atoms with van der Waals surface area (Å²) in [5.74, 6) is -0.313. The molecule has 2 heterocycles. The minimum atomic E-state index is -3.10. The third-order valence-corrected chi connectivity index (χ3v) is 6.36. The van der Waals surface area contributed by atoms with Gasteiger partial charge in [-0.15, -0.1) is 0 Å². The fourth-order valence-corrected chi connectivity index (χ4v) is 4.83. The first-order chi connectivity index (χ1) is 12.8. The van der Waals surface area contributed by atoms with Crippen molar-refractivity contribution in [1.82, 2.24) is 15.5 Å². The summed E-state index contributed by atoms with van der Waals surface area (Å²) in [5.41, 5.74) is 0.751. The number of sulfone groups is 1. The molecule has 0 bridgehead atoms. The van der Waals surface area contributed by atoms with E-state index in [1.54, 1.807) is 31.4 Å². The first kappa shape index (κ1) is 19.2. The Labute approximate surface area is 157 Å². The van der Waals surface area contributed by atoms with Gasteiger partial charge in [0.05, 0.1) is 31.6 Å². The third kappa shape index (κ3) is 4.57. The molecule has 1 aromatic carbocycles. The molecule has 0 saturated carbocycles. The van der Waals surface area contributed by atoms with Crippen molar-refractivity contribution in [2.75, 3.05) is 18.6 Å². The SMILES string of the molecule is COc1ccc(CN2C(=O)N[C@H](CC(=O)N[C@H]3CCS(=O)(=O)C3)C2=O)cc1. The topological polar surface area (TPSA) is 122 Å². The molecule has 146 valence electrons. The number of amides is 4. The molecule has 0 aliphatic carbocycles. The van der Waals surface area contributed by atoms with E-state index < -0.39 is 39.8 Å². The van der Waals surface area contributed by atoms with Gasteiger partial charge in [0.25, 0.3) is 5.91 Å². The molecule has 2 fully saturated rings. The average molecular weight is 395 g/mol. The second-order valence-corrected chi connectivity index (χ2v) is 8.87. The van der Waals surface area contributed by atoms with Crippen LogP contribution in [0, 0.1) is 0 Å². The van der Waals surface area contributed by atoms with E-state index >= 15 is 0 Å². The highest BCUT2D eigenvalue weighted by Gasteiger charge is 2.39. The molecule has 0 unspecified atom stereocenters. The normalized spacial score (nSPS) is 24.0. The zero-order valence-corrected chi connectivity index (χ0v) is 15.6. The molecule has 10 heteroatoms. The lowest BCUT2D eigenvalue weighted by molar-refractivity contribution is -0.131. The van der Waals surface area contributed by atoms with Crippen LogP contribution in [-0.2, 0) is 26.0 Å². The second-order valence-electron chi connectivity index (χ2n) is 6.65. The maximum absolute atomic E-state index is 12.5. The molecule has 2 atom stereocenters. The van der Waals surface area contributed by atoms with Crippen LogP contribution < -0.4 is 15.4 Å². The van der Waals surface area contributed by atoms with Gasteiger partial charge in [-0.3, -0.25) is 14.5 Å². The van der Waals surface area contributed by atoms with Crippen molar-refractivity contribution in [2.45, 2.75) is 31.5 Å². The van der Waals surface area contributed by atoms with Gasteiger partial charge in [0.1, 0.15) is 11.8 Å². The molecule has 2 N–H and O–H groups in total. The van der Waals surface area contributed by atoms with Crippen LogP contribution in [0.4, 0.5) is 4.79 Å². The summed E-state index contributed by atoms with van der Waals surface area (Å²) < 4.78 is 28.0. The zero-order chi connectivity index (χ0) is 19.6. The van der Waals surface area contributed by atoms with E-state index in [0.29, 0.717) is 12.2 Å². The number of hydrogen-bond donors (Lipinski definition) is 2. The highest BCUT2D eigenvalue weighted by atomic mass is 32.2. The molecule has 9 nitrogen and oxygen atoms in total. The Morgan fingerprint density at radius 3 is 2.59 bits per heavy atom. The lowest BCUT2D eigenvalue weighted by Gasteiger charge is -2.14. The maximum Gasteiger partial charge on any atom is 0.325 e.